The first-order valence-electron chi connectivity index (χ1n) is 7.86. The van der Waals surface area contributed by atoms with Crippen molar-refractivity contribution in [2.75, 3.05) is 0 Å². The molecule has 0 saturated carbocycles. The topological polar surface area (TPSA) is 105 Å². The summed E-state index contributed by atoms with van der Waals surface area (Å²) in [4.78, 5) is 22.6. The van der Waals surface area contributed by atoms with Gasteiger partial charge in [-0.25, -0.2) is 18.7 Å². The minimum atomic E-state index is -1.08. The number of nitrogens with zero attached hydrogens (tertiary/aromatic N) is 4. The normalized spacial score (nSPS) is 11.5. The lowest BCUT2D eigenvalue weighted by molar-refractivity contribution is 0.0695. The number of pyridine rings is 1. The van der Waals surface area contributed by atoms with Gasteiger partial charge in [-0.3, -0.25) is 0 Å². The molecular weight excluding hydrogens is 341 g/mol. The molecule has 0 radical (unpaired) electrons. The average Bonchev–Trinajstić information content (AvgIpc) is 3.22. The van der Waals surface area contributed by atoms with Crippen LogP contribution in [0, 0.1) is 5.82 Å². The van der Waals surface area contributed by atoms with Crippen LogP contribution >= 0.6 is 0 Å². The van der Waals surface area contributed by atoms with E-state index < -0.39 is 11.8 Å². The number of aromatic amines is 1. The molecule has 0 saturated heterocycles. The first-order valence-corrected chi connectivity index (χ1v) is 7.86. The molecule has 8 nitrogen and oxygen atoms in total. The maximum atomic E-state index is 14.7. The molecule has 0 fully saturated rings. The van der Waals surface area contributed by atoms with Gasteiger partial charge in [0.1, 0.15) is 17.5 Å². The van der Waals surface area contributed by atoms with Crippen LogP contribution in [-0.2, 0) is 0 Å². The Kier molecular flexibility index (Phi) is 3.57. The molecule has 26 heavy (non-hydrogen) atoms. The van der Waals surface area contributed by atoms with Gasteiger partial charge in [0.25, 0.3) is 0 Å². The molecule has 4 aromatic heterocycles. The summed E-state index contributed by atoms with van der Waals surface area (Å²) in [5.74, 6) is -1.83. The number of aromatic nitrogens is 5. The van der Waals surface area contributed by atoms with Crippen LogP contribution < -0.4 is 4.74 Å². The molecule has 0 aliphatic heterocycles. The molecule has 0 amide bonds. The average molecular weight is 355 g/mol. The fourth-order valence-corrected chi connectivity index (χ4v) is 2.97. The first kappa shape index (κ1) is 16.0. The third-order valence-electron chi connectivity index (χ3n) is 4.08. The number of ether oxygens (including phenoxy) is 1. The second-order valence-electron chi connectivity index (χ2n) is 6.05. The third kappa shape index (κ3) is 2.36. The minimum absolute atomic E-state index is 0.0618. The Balaban J connectivity index is 1.91. The number of halogens is 1. The highest BCUT2D eigenvalue weighted by Crippen LogP contribution is 2.34. The van der Waals surface area contributed by atoms with Crippen molar-refractivity contribution >= 4 is 22.5 Å². The largest absolute Gasteiger partial charge is 0.478 e. The number of carbonyl (C=O) groups is 1. The Morgan fingerprint density at radius 3 is 2.92 bits per heavy atom. The molecule has 0 atom stereocenters. The zero-order chi connectivity index (χ0) is 18.4. The van der Waals surface area contributed by atoms with Crippen LogP contribution in [0.3, 0.4) is 0 Å². The van der Waals surface area contributed by atoms with Crippen LogP contribution in [-0.4, -0.2) is 35.6 Å². The maximum absolute atomic E-state index is 14.7. The van der Waals surface area contributed by atoms with Gasteiger partial charge in [0.15, 0.2) is 11.6 Å². The maximum Gasteiger partial charge on any atom is 0.337 e. The number of rotatable bonds is 4. The van der Waals surface area contributed by atoms with Crippen LogP contribution in [0.15, 0.2) is 31.0 Å². The molecule has 0 aliphatic carbocycles. The molecule has 0 bridgehead atoms. The Morgan fingerprint density at radius 2 is 2.19 bits per heavy atom. The SMILES string of the molecule is CC(C)c1c(C(=O)O)cn2ncnc(Oc3cnc4[nH]ccc4c3F)c12. The number of nitrogens with one attached hydrogen (secondary N) is 1. The van der Waals surface area contributed by atoms with E-state index in [0.717, 1.165) is 0 Å². The molecular formula is C17H14FN5O3. The molecule has 4 heterocycles. The van der Waals surface area contributed by atoms with E-state index in [2.05, 4.69) is 20.1 Å². The van der Waals surface area contributed by atoms with Gasteiger partial charge in [-0.15, -0.1) is 0 Å². The highest BCUT2D eigenvalue weighted by Gasteiger charge is 2.24. The molecule has 4 aromatic rings. The van der Waals surface area contributed by atoms with E-state index in [1.807, 2.05) is 13.8 Å². The standard InChI is InChI=1S/C17H14FN5O3/c1-8(2)12-10(17(24)25)6-23-14(12)16(21-7-22-23)26-11-5-20-15-9(13(11)18)3-4-19-15/h3-8H,1-2H3,(H,19,20)(H,24,25). The number of aromatic carboxylic acids is 1. The van der Waals surface area contributed by atoms with E-state index in [4.69, 9.17) is 4.74 Å². The highest BCUT2D eigenvalue weighted by atomic mass is 19.1. The quantitative estimate of drug-likeness (QED) is 0.581. The molecule has 9 heteroatoms. The van der Waals surface area contributed by atoms with Gasteiger partial charge in [0.05, 0.1) is 17.1 Å². The number of hydrogen-bond acceptors (Lipinski definition) is 5. The van der Waals surface area contributed by atoms with Gasteiger partial charge < -0.3 is 14.8 Å². The van der Waals surface area contributed by atoms with Crippen molar-refractivity contribution in [1.82, 2.24) is 24.6 Å². The van der Waals surface area contributed by atoms with Crippen molar-refractivity contribution in [2.45, 2.75) is 19.8 Å². The second kappa shape index (κ2) is 5.80. The number of carboxylic acid groups (broad SMARTS) is 1. The predicted molar refractivity (Wildman–Crippen MR) is 90.2 cm³/mol. The summed E-state index contributed by atoms with van der Waals surface area (Å²) in [5.41, 5.74) is 1.41. The lowest BCUT2D eigenvalue weighted by Gasteiger charge is -2.10. The van der Waals surface area contributed by atoms with Crippen molar-refractivity contribution in [2.24, 2.45) is 0 Å². The zero-order valence-electron chi connectivity index (χ0n) is 13.9. The van der Waals surface area contributed by atoms with Gasteiger partial charge in [-0.2, -0.15) is 10.1 Å². The Hall–Kier alpha value is -3.49. The van der Waals surface area contributed by atoms with E-state index in [0.29, 0.717) is 22.1 Å². The lowest BCUT2D eigenvalue weighted by Crippen LogP contribution is -2.02. The summed E-state index contributed by atoms with van der Waals surface area (Å²) in [6.07, 6.45) is 5.45. The molecule has 132 valence electrons. The van der Waals surface area contributed by atoms with Crippen LogP contribution in [0.1, 0.15) is 35.7 Å². The summed E-state index contributed by atoms with van der Waals surface area (Å²) >= 11 is 0. The fourth-order valence-electron chi connectivity index (χ4n) is 2.97. The van der Waals surface area contributed by atoms with E-state index in [9.17, 15) is 14.3 Å². The molecule has 0 aliphatic rings. The monoisotopic (exact) mass is 355 g/mol. The smallest absolute Gasteiger partial charge is 0.337 e. The van der Waals surface area contributed by atoms with Crippen LogP contribution in [0.4, 0.5) is 4.39 Å². The lowest BCUT2D eigenvalue weighted by atomic mass is 10.0. The van der Waals surface area contributed by atoms with Gasteiger partial charge in [-0.1, -0.05) is 13.8 Å². The van der Waals surface area contributed by atoms with Crippen molar-refractivity contribution in [3.05, 3.63) is 47.9 Å². The molecule has 0 spiro atoms. The van der Waals surface area contributed by atoms with Crippen molar-refractivity contribution < 1.29 is 19.0 Å². The van der Waals surface area contributed by atoms with Gasteiger partial charge in [0.2, 0.25) is 5.88 Å². The van der Waals surface area contributed by atoms with Gasteiger partial charge >= 0.3 is 5.97 Å². The van der Waals surface area contributed by atoms with Crippen molar-refractivity contribution in [1.29, 1.82) is 0 Å². The minimum Gasteiger partial charge on any atom is -0.478 e. The second-order valence-corrected chi connectivity index (χ2v) is 6.05. The van der Waals surface area contributed by atoms with Crippen molar-refractivity contribution in [3.63, 3.8) is 0 Å². The summed E-state index contributed by atoms with van der Waals surface area (Å²) in [5, 5.41) is 13.8. The third-order valence-corrected chi connectivity index (χ3v) is 4.08. The summed E-state index contributed by atoms with van der Waals surface area (Å²) in [6.45, 7) is 3.71. The molecule has 2 N–H and O–H groups in total. The summed E-state index contributed by atoms with van der Waals surface area (Å²) in [6, 6.07) is 1.56. The summed E-state index contributed by atoms with van der Waals surface area (Å²) < 4.78 is 21.7. The van der Waals surface area contributed by atoms with E-state index >= 15 is 0 Å². The highest BCUT2D eigenvalue weighted by molar-refractivity contribution is 5.93. The number of hydrogen-bond donors (Lipinski definition) is 2. The fraction of sp³-hybridized carbons (Fsp3) is 0.176. The Morgan fingerprint density at radius 1 is 1.38 bits per heavy atom. The number of H-pyrrole nitrogens is 1. The van der Waals surface area contributed by atoms with Crippen LogP contribution in [0.25, 0.3) is 16.6 Å². The molecule has 4 rings (SSSR count). The Labute approximate surface area is 146 Å². The van der Waals surface area contributed by atoms with E-state index in [1.54, 1.807) is 12.3 Å². The Bertz CT molecular complexity index is 1150. The van der Waals surface area contributed by atoms with Gasteiger partial charge in [0, 0.05) is 18.0 Å². The van der Waals surface area contributed by atoms with Gasteiger partial charge in [-0.05, 0) is 12.0 Å². The molecule has 0 unspecified atom stereocenters. The summed E-state index contributed by atoms with van der Waals surface area (Å²) in [7, 11) is 0. The van der Waals surface area contributed by atoms with E-state index in [-0.39, 0.29) is 23.1 Å². The number of fused-ring (bicyclic) bond motifs is 2. The van der Waals surface area contributed by atoms with Crippen LogP contribution in [0.2, 0.25) is 0 Å². The first-order chi connectivity index (χ1) is 12.5. The van der Waals surface area contributed by atoms with Crippen molar-refractivity contribution in [3.8, 4) is 11.6 Å². The van der Waals surface area contributed by atoms with Crippen LogP contribution in [0.5, 0.6) is 11.6 Å². The number of carboxylic acids is 1. The predicted octanol–water partition coefficient (Wildman–Crippen LogP) is 3.36. The molecule has 0 aromatic carbocycles. The van der Waals surface area contributed by atoms with E-state index in [1.165, 1.54) is 23.2 Å². The zero-order valence-corrected chi connectivity index (χ0v) is 13.9.